The van der Waals surface area contributed by atoms with E-state index in [2.05, 4.69) is 5.32 Å². The quantitative estimate of drug-likeness (QED) is 0.328. The fourth-order valence-electron chi connectivity index (χ4n) is 3.55. The first kappa shape index (κ1) is 24.2. The molecule has 0 aliphatic rings. The van der Waals surface area contributed by atoms with E-state index in [-0.39, 0.29) is 18.0 Å². The summed E-state index contributed by atoms with van der Waals surface area (Å²) >= 11 is 0. The highest BCUT2D eigenvalue weighted by Crippen LogP contribution is 2.29. The number of amides is 1. The molecule has 1 amide bonds. The normalized spacial score (nSPS) is 11.2. The molecule has 4 aromatic rings. The second-order valence-corrected chi connectivity index (χ2v) is 9.78. The first-order chi connectivity index (χ1) is 17.0. The van der Waals surface area contributed by atoms with Crippen LogP contribution in [0.5, 0.6) is 11.5 Å². The Morgan fingerprint density at radius 2 is 1.31 bits per heavy atom. The van der Waals surface area contributed by atoms with Gasteiger partial charge in [-0.3, -0.25) is 4.79 Å². The molecule has 0 aliphatic carbocycles. The van der Waals surface area contributed by atoms with E-state index < -0.39 is 15.9 Å². The second-order valence-electron chi connectivity index (χ2n) is 7.85. The number of nitrogens with one attached hydrogen (secondary N) is 1. The Balaban J connectivity index is 1.52. The number of anilines is 1. The smallest absolute Gasteiger partial charge is 0.243 e. The van der Waals surface area contributed by atoms with Crippen LogP contribution in [0.1, 0.15) is 5.56 Å². The first-order valence-corrected chi connectivity index (χ1v) is 12.7. The highest BCUT2D eigenvalue weighted by atomic mass is 32.2. The minimum atomic E-state index is -3.88. The van der Waals surface area contributed by atoms with Crippen molar-refractivity contribution in [1.82, 2.24) is 4.31 Å². The maximum Gasteiger partial charge on any atom is 0.243 e. The number of carbonyl (C=O) groups is 1. The summed E-state index contributed by atoms with van der Waals surface area (Å²) in [4.78, 5) is 13.2. The largest absolute Gasteiger partial charge is 0.455 e. The minimum Gasteiger partial charge on any atom is -0.455 e. The summed E-state index contributed by atoms with van der Waals surface area (Å²) in [5.41, 5.74) is 1.45. The predicted octanol–water partition coefficient (Wildman–Crippen LogP) is 5.35. The van der Waals surface area contributed by atoms with E-state index >= 15 is 0 Å². The Kier molecular flexibility index (Phi) is 7.92. The molecule has 0 unspecified atom stereocenters. The van der Waals surface area contributed by atoms with Crippen LogP contribution < -0.4 is 10.1 Å². The molecule has 0 aliphatic heterocycles. The molecule has 178 valence electrons. The van der Waals surface area contributed by atoms with Gasteiger partial charge in [-0.05, 0) is 48.4 Å². The van der Waals surface area contributed by atoms with Crippen LogP contribution in [0.4, 0.5) is 5.69 Å². The lowest BCUT2D eigenvalue weighted by Crippen LogP contribution is -2.39. The summed E-state index contributed by atoms with van der Waals surface area (Å²) in [6.07, 6.45) is 0.480. The van der Waals surface area contributed by atoms with E-state index in [0.29, 0.717) is 23.6 Å². The third-order valence-electron chi connectivity index (χ3n) is 5.33. The molecule has 0 aromatic heterocycles. The van der Waals surface area contributed by atoms with Crippen molar-refractivity contribution >= 4 is 21.6 Å². The lowest BCUT2D eigenvalue weighted by molar-refractivity contribution is -0.116. The monoisotopic (exact) mass is 486 g/mol. The van der Waals surface area contributed by atoms with E-state index in [0.717, 1.165) is 5.56 Å². The number of rotatable bonds is 10. The summed E-state index contributed by atoms with van der Waals surface area (Å²) in [6.45, 7) is -0.166. The molecule has 35 heavy (non-hydrogen) atoms. The zero-order valence-electron chi connectivity index (χ0n) is 19.1. The number of hydrogen-bond acceptors (Lipinski definition) is 4. The fourth-order valence-corrected chi connectivity index (χ4v) is 4.97. The molecule has 0 saturated heterocycles. The van der Waals surface area contributed by atoms with Crippen LogP contribution in [0.2, 0.25) is 0 Å². The Hall–Kier alpha value is -3.94. The molecule has 0 bridgehead atoms. The van der Waals surface area contributed by atoms with Crippen LogP contribution in [-0.2, 0) is 21.2 Å². The summed E-state index contributed by atoms with van der Waals surface area (Å²) in [6, 6.07) is 34.0. The van der Waals surface area contributed by atoms with Crippen LogP contribution in [0.3, 0.4) is 0 Å². The van der Waals surface area contributed by atoms with Gasteiger partial charge in [-0.15, -0.1) is 0 Å². The van der Waals surface area contributed by atoms with Crippen molar-refractivity contribution in [2.24, 2.45) is 0 Å². The van der Waals surface area contributed by atoms with E-state index in [1.807, 2.05) is 60.7 Å². The molecule has 0 heterocycles. The molecule has 1 N–H and O–H groups in total. The molecule has 7 heteroatoms. The molecule has 4 rings (SSSR count). The number of benzene rings is 4. The minimum absolute atomic E-state index is 0.147. The zero-order valence-corrected chi connectivity index (χ0v) is 19.9. The highest BCUT2D eigenvalue weighted by Gasteiger charge is 2.26. The Morgan fingerprint density at radius 3 is 2.00 bits per heavy atom. The van der Waals surface area contributed by atoms with Crippen molar-refractivity contribution in [3.05, 3.63) is 121 Å². The van der Waals surface area contributed by atoms with Crippen molar-refractivity contribution in [3.8, 4) is 11.5 Å². The average molecular weight is 487 g/mol. The van der Waals surface area contributed by atoms with Gasteiger partial charge in [0.2, 0.25) is 15.9 Å². The molecule has 0 fully saturated rings. The van der Waals surface area contributed by atoms with E-state index in [1.165, 1.54) is 16.4 Å². The maximum atomic E-state index is 13.4. The molecule has 0 spiro atoms. The van der Waals surface area contributed by atoms with Crippen LogP contribution in [-0.4, -0.2) is 31.7 Å². The first-order valence-electron chi connectivity index (χ1n) is 11.2. The number of ether oxygens (including phenoxy) is 1. The third-order valence-corrected chi connectivity index (χ3v) is 7.19. The lowest BCUT2D eigenvalue weighted by Gasteiger charge is -2.22. The van der Waals surface area contributed by atoms with Gasteiger partial charge in [-0.25, -0.2) is 8.42 Å². The predicted molar refractivity (Wildman–Crippen MR) is 137 cm³/mol. The van der Waals surface area contributed by atoms with Gasteiger partial charge in [-0.1, -0.05) is 78.9 Å². The van der Waals surface area contributed by atoms with E-state index in [9.17, 15) is 13.2 Å². The fraction of sp³-hybridized carbons (Fsp3) is 0.107. The van der Waals surface area contributed by atoms with E-state index in [4.69, 9.17) is 4.74 Å². The number of carbonyl (C=O) groups excluding carboxylic acids is 1. The van der Waals surface area contributed by atoms with Crippen LogP contribution in [0.25, 0.3) is 0 Å². The SMILES string of the molecule is O=C(CN(CCc1ccccc1)S(=O)(=O)c1ccccc1)Nc1ccccc1Oc1ccccc1. The second kappa shape index (κ2) is 11.5. The summed E-state index contributed by atoms with van der Waals surface area (Å²) in [5, 5.41) is 2.81. The van der Waals surface area contributed by atoms with Gasteiger partial charge in [0.05, 0.1) is 17.1 Å². The van der Waals surface area contributed by atoms with Crippen LogP contribution in [0.15, 0.2) is 120 Å². The van der Waals surface area contributed by atoms with Crippen molar-refractivity contribution in [3.63, 3.8) is 0 Å². The van der Waals surface area contributed by atoms with Gasteiger partial charge in [0.15, 0.2) is 5.75 Å². The Morgan fingerprint density at radius 1 is 0.743 bits per heavy atom. The molecule has 0 radical (unpaired) electrons. The van der Waals surface area contributed by atoms with Gasteiger partial charge < -0.3 is 10.1 Å². The number of nitrogens with zero attached hydrogens (tertiary/aromatic N) is 1. The molecular formula is C28H26N2O4S. The van der Waals surface area contributed by atoms with Gasteiger partial charge >= 0.3 is 0 Å². The standard InChI is InChI=1S/C28H26N2O4S/c31-28(29-26-18-10-11-19-27(26)34-24-14-6-2-7-15-24)22-30(21-20-23-12-4-1-5-13-23)35(32,33)25-16-8-3-9-17-25/h1-19H,20-22H2,(H,29,31). The van der Waals surface area contributed by atoms with Crippen molar-refractivity contribution < 1.29 is 17.9 Å². The summed E-state index contributed by atoms with van der Waals surface area (Å²) < 4.78 is 33.9. The van der Waals surface area contributed by atoms with Crippen LogP contribution in [0, 0.1) is 0 Å². The van der Waals surface area contributed by atoms with Crippen molar-refractivity contribution in [2.75, 3.05) is 18.4 Å². The van der Waals surface area contributed by atoms with E-state index in [1.54, 1.807) is 42.5 Å². The number of para-hydroxylation sites is 3. The summed E-state index contributed by atoms with van der Waals surface area (Å²) in [5.74, 6) is 0.640. The van der Waals surface area contributed by atoms with Gasteiger partial charge in [-0.2, -0.15) is 4.31 Å². The van der Waals surface area contributed by atoms with Gasteiger partial charge in [0.25, 0.3) is 0 Å². The molecular weight excluding hydrogens is 460 g/mol. The topological polar surface area (TPSA) is 75.7 Å². The maximum absolute atomic E-state index is 13.4. The lowest BCUT2D eigenvalue weighted by atomic mass is 10.1. The molecule has 0 atom stereocenters. The Bertz CT molecular complexity index is 1350. The van der Waals surface area contributed by atoms with Crippen molar-refractivity contribution in [2.45, 2.75) is 11.3 Å². The Labute approximate surface area is 205 Å². The zero-order chi connectivity index (χ0) is 24.5. The molecule has 0 saturated carbocycles. The number of sulfonamides is 1. The number of hydrogen-bond donors (Lipinski definition) is 1. The van der Waals surface area contributed by atoms with Gasteiger partial charge in [0, 0.05) is 6.54 Å². The molecule has 6 nitrogen and oxygen atoms in total. The van der Waals surface area contributed by atoms with Crippen molar-refractivity contribution in [1.29, 1.82) is 0 Å². The van der Waals surface area contributed by atoms with Gasteiger partial charge in [0.1, 0.15) is 5.75 Å². The molecule has 4 aromatic carbocycles. The highest BCUT2D eigenvalue weighted by molar-refractivity contribution is 7.89. The van der Waals surface area contributed by atoms with Crippen LogP contribution >= 0.6 is 0 Å². The third kappa shape index (κ3) is 6.56. The summed E-state index contributed by atoms with van der Waals surface area (Å²) in [7, 11) is -3.88. The average Bonchev–Trinajstić information content (AvgIpc) is 2.89.